The predicted octanol–water partition coefficient (Wildman–Crippen LogP) is 3.54. The molecular weight excluding hydrogens is 313 g/mol. The monoisotopic (exact) mass is 325 g/mol. The van der Waals surface area contributed by atoms with Crippen LogP contribution < -0.4 is 5.32 Å². The Hall–Kier alpha value is -1.62. The highest BCUT2D eigenvalue weighted by Crippen LogP contribution is 2.20. The minimum absolute atomic E-state index is 0.103. The number of furan rings is 1. The first kappa shape index (κ1) is 13.8. The van der Waals surface area contributed by atoms with Crippen LogP contribution in [0.3, 0.4) is 0 Å². The molecule has 2 rings (SSSR count). The Morgan fingerprint density at radius 3 is 2.89 bits per heavy atom. The van der Waals surface area contributed by atoms with Crippen LogP contribution in [0.25, 0.3) is 0 Å². The summed E-state index contributed by atoms with van der Waals surface area (Å²) in [5, 5.41) is 2.81. The molecule has 3 nitrogen and oxygen atoms in total. The molecule has 1 aromatic carbocycles. The van der Waals surface area contributed by atoms with E-state index in [1.165, 1.54) is 12.1 Å². The summed E-state index contributed by atoms with van der Waals surface area (Å²) in [4.78, 5) is 12.0. The zero-order valence-electron chi connectivity index (χ0n) is 10.3. The topological polar surface area (TPSA) is 42.2 Å². The van der Waals surface area contributed by atoms with Gasteiger partial charge in [-0.1, -0.05) is 6.07 Å². The summed E-state index contributed by atoms with van der Waals surface area (Å²) in [6, 6.07) is 7.92. The van der Waals surface area contributed by atoms with Crippen LogP contribution in [0.2, 0.25) is 0 Å². The van der Waals surface area contributed by atoms with E-state index >= 15 is 0 Å². The highest BCUT2D eigenvalue weighted by molar-refractivity contribution is 9.10. The molecule has 2 aromatic rings. The third kappa shape index (κ3) is 3.44. The summed E-state index contributed by atoms with van der Waals surface area (Å²) in [6.07, 6.45) is 2.18. The van der Waals surface area contributed by atoms with E-state index in [4.69, 9.17) is 4.42 Å². The molecule has 0 saturated heterocycles. The van der Waals surface area contributed by atoms with Crippen LogP contribution in [-0.2, 0) is 6.42 Å². The molecular formula is C14H13BrFNO2. The smallest absolute Gasteiger partial charge is 0.252 e. The Morgan fingerprint density at radius 2 is 2.21 bits per heavy atom. The van der Waals surface area contributed by atoms with Crippen molar-refractivity contribution in [2.75, 3.05) is 0 Å². The zero-order valence-corrected chi connectivity index (χ0v) is 11.9. The number of halogens is 2. The highest BCUT2D eigenvalue weighted by Gasteiger charge is 2.15. The Morgan fingerprint density at radius 1 is 1.42 bits per heavy atom. The molecule has 100 valence electrons. The molecule has 0 bridgehead atoms. The fraction of sp³-hybridized carbons (Fsp3) is 0.214. The van der Waals surface area contributed by atoms with Gasteiger partial charge in [0, 0.05) is 12.5 Å². The van der Waals surface area contributed by atoms with Crippen molar-refractivity contribution in [3.63, 3.8) is 0 Å². The third-order valence-electron chi connectivity index (χ3n) is 2.66. The lowest BCUT2D eigenvalue weighted by Gasteiger charge is -2.13. The van der Waals surface area contributed by atoms with Crippen molar-refractivity contribution in [2.24, 2.45) is 0 Å². The summed E-state index contributed by atoms with van der Waals surface area (Å²) in [6.45, 7) is 1.87. The lowest BCUT2D eigenvalue weighted by molar-refractivity contribution is 0.0938. The molecule has 1 N–H and O–H groups in total. The van der Waals surface area contributed by atoms with Crippen molar-refractivity contribution >= 4 is 21.8 Å². The second kappa shape index (κ2) is 6.02. The Labute approximate surface area is 118 Å². The molecule has 0 aliphatic rings. The van der Waals surface area contributed by atoms with Crippen molar-refractivity contribution in [3.8, 4) is 0 Å². The van der Waals surface area contributed by atoms with Crippen LogP contribution in [0, 0.1) is 5.82 Å². The standard InChI is InChI=1S/C14H13BrFNO2/c1-9(8-10-4-3-7-19-10)17-14(18)11-5-2-6-12(16)13(11)15/h2-7,9H,8H2,1H3,(H,17,18). The fourth-order valence-corrected chi connectivity index (χ4v) is 2.21. The molecule has 1 heterocycles. The molecule has 0 aliphatic carbocycles. The first-order valence-electron chi connectivity index (χ1n) is 5.85. The van der Waals surface area contributed by atoms with Gasteiger partial charge in [-0.3, -0.25) is 4.79 Å². The molecule has 1 amide bonds. The maximum absolute atomic E-state index is 13.3. The number of carbonyl (C=O) groups excluding carboxylic acids is 1. The van der Waals surface area contributed by atoms with Gasteiger partial charge in [-0.05, 0) is 47.1 Å². The van der Waals surface area contributed by atoms with Gasteiger partial charge in [0.2, 0.25) is 0 Å². The Bertz CT molecular complexity index is 569. The van der Waals surface area contributed by atoms with Crippen molar-refractivity contribution in [1.82, 2.24) is 5.32 Å². The van der Waals surface area contributed by atoms with Gasteiger partial charge in [0.25, 0.3) is 5.91 Å². The van der Waals surface area contributed by atoms with Gasteiger partial charge >= 0.3 is 0 Å². The largest absolute Gasteiger partial charge is 0.469 e. The highest BCUT2D eigenvalue weighted by atomic mass is 79.9. The van der Waals surface area contributed by atoms with E-state index in [1.54, 1.807) is 18.4 Å². The maximum Gasteiger partial charge on any atom is 0.252 e. The zero-order chi connectivity index (χ0) is 13.8. The van der Waals surface area contributed by atoms with E-state index in [-0.39, 0.29) is 22.0 Å². The minimum Gasteiger partial charge on any atom is -0.469 e. The quantitative estimate of drug-likeness (QED) is 0.934. The summed E-state index contributed by atoms with van der Waals surface area (Å²) in [5.41, 5.74) is 0.284. The van der Waals surface area contributed by atoms with E-state index < -0.39 is 5.82 Å². The van der Waals surface area contributed by atoms with Gasteiger partial charge in [0.1, 0.15) is 11.6 Å². The number of hydrogen-bond donors (Lipinski definition) is 1. The van der Waals surface area contributed by atoms with E-state index in [0.717, 1.165) is 5.76 Å². The minimum atomic E-state index is -0.452. The van der Waals surface area contributed by atoms with Crippen molar-refractivity contribution in [1.29, 1.82) is 0 Å². The average molecular weight is 326 g/mol. The molecule has 1 aromatic heterocycles. The van der Waals surface area contributed by atoms with Gasteiger partial charge < -0.3 is 9.73 Å². The fourth-order valence-electron chi connectivity index (χ4n) is 1.76. The van der Waals surface area contributed by atoms with E-state index in [0.29, 0.717) is 6.42 Å². The van der Waals surface area contributed by atoms with Crippen LogP contribution in [0.5, 0.6) is 0 Å². The summed E-state index contributed by atoms with van der Waals surface area (Å²) < 4.78 is 18.7. The number of hydrogen-bond acceptors (Lipinski definition) is 2. The normalized spacial score (nSPS) is 12.2. The average Bonchev–Trinajstić information content (AvgIpc) is 2.85. The predicted molar refractivity (Wildman–Crippen MR) is 73.4 cm³/mol. The van der Waals surface area contributed by atoms with E-state index in [1.807, 2.05) is 13.0 Å². The molecule has 1 unspecified atom stereocenters. The Balaban J connectivity index is 2.02. The molecule has 0 radical (unpaired) electrons. The maximum atomic E-state index is 13.3. The molecule has 1 atom stereocenters. The van der Waals surface area contributed by atoms with Gasteiger partial charge in [-0.2, -0.15) is 0 Å². The van der Waals surface area contributed by atoms with Gasteiger partial charge in [-0.25, -0.2) is 4.39 Å². The van der Waals surface area contributed by atoms with Crippen LogP contribution in [0.4, 0.5) is 4.39 Å². The summed E-state index contributed by atoms with van der Waals surface area (Å²) >= 11 is 3.08. The van der Waals surface area contributed by atoms with Crippen molar-refractivity contribution in [3.05, 3.63) is 58.2 Å². The molecule has 0 aliphatic heterocycles. The Kier molecular flexibility index (Phi) is 4.37. The number of amides is 1. The van der Waals surface area contributed by atoms with Crippen LogP contribution >= 0.6 is 15.9 Å². The van der Waals surface area contributed by atoms with Crippen LogP contribution in [0.1, 0.15) is 23.0 Å². The van der Waals surface area contributed by atoms with E-state index in [9.17, 15) is 9.18 Å². The molecule has 0 saturated carbocycles. The van der Waals surface area contributed by atoms with Crippen LogP contribution in [-0.4, -0.2) is 11.9 Å². The number of carbonyl (C=O) groups is 1. The first-order chi connectivity index (χ1) is 9.08. The number of benzene rings is 1. The number of nitrogens with one attached hydrogen (secondary N) is 1. The van der Waals surface area contributed by atoms with Gasteiger partial charge in [0.05, 0.1) is 16.3 Å². The first-order valence-corrected chi connectivity index (χ1v) is 6.64. The molecule has 5 heteroatoms. The molecule has 0 spiro atoms. The van der Waals surface area contributed by atoms with Crippen LogP contribution in [0.15, 0.2) is 45.5 Å². The van der Waals surface area contributed by atoms with Crippen molar-refractivity contribution in [2.45, 2.75) is 19.4 Å². The van der Waals surface area contributed by atoms with Gasteiger partial charge in [0.15, 0.2) is 0 Å². The second-order valence-corrected chi connectivity index (χ2v) is 5.05. The lowest BCUT2D eigenvalue weighted by Crippen LogP contribution is -2.34. The van der Waals surface area contributed by atoms with E-state index in [2.05, 4.69) is 21.2 Å². The SMILES string of the molecule is CC(Cc1ccco1)NC(=O)c1cccc(F)c1Br. The second-order valence-electron chi connectivity index (χ2n) is 4.26. The lowest BCUT2D eigenvalue weighted by atomic mass is 10.1. The third-order valence-corrected chi connectivity index (χ3v) is 3.47. The summed E-state index contributed by atoms with van der Waals surface area (Å²) in [7, 11) is 0. The van der Waals surface area contributed by atoms with Crippen molar-refractivity contribution < 1.29 is 13.6 Å². The number of rotatable bonds is 4. The molecule has 19 heavy (non-hydrogen) atoms. The van der Waals surface area contributed by atoms with Gasteiger partial charge in [-0.15, -0.1) is 0 Å². The molecule has 0 fully saturated rings. The summed E-state index contributed by atoms with van der Waals surface area (Å²) in [5.74, 6) is 0.0304.